The molecule has 4 aliphatic rings. The van der Waals surface area contributed by atoms with E-state index >= 15 is 0 Å². The lowest BCUT2D eigenvalue weighted by atomic mass is 9.49. The number of hydrogen-bond donors (Lipinski definition) is 2. The highest BCUT2D eigenvalue weighted by molar-refractivity contribution is 9.10. The quantitative estimate of drug-likeness (QED) is 0.560. The monoisotopic (exact) mass is 400 g/mol. The van der Waals surface area contributed by atoms with Gasteiger partial charge in [-0.15, -0.1) is 0 Å². The molecule has 0 aromatic heterocycles. The summed E-state index contributed by atoms with van der Waals surface area (Å²) in [6, 6.07) is -0.636. The number of amides is 3. The molecule has 0 aromatic rings. The van der Waals surface area contributed by atoms with Crippen molar-refractivity contribution in [3.63, 3.8) is 0 Å². The molecule has 7 heteroatoms. The van der Waals surface area contributed by atoms with Crippen LogP contribution in [0.1, 0.15) is 52.4 Å². The highest BCUT2D eigenvalue weighted by atomic mass is 79.9. The minimum atomic E-state index is -0.597. The van der Waals surface area contributed by atoms with Gasteiger partial charge >= 0.3 is 12.0 Å². The second-order valence-electron chi connectivity index (χ2n) is 8.14. The molecule has 2 N–H and O–H groups in total. The maximum absolute atomic E-state index is 12.7. The van der Waals surface area contributed by atoms with Crippen LogP contribution in [0.15, 0.2) is 0 Å². The van der Waals surface area contributed by atoms with E-state index in [9.17, 15) is 14.4 Å². The standard InChI is InChI=1S/C17H25BrN2O4/c1-10(2)19-15(23)20-13(21)8-24-14(22)16-4-11-3-12(5-16)7-17(18,6-11)9-16/h10-12H,3-9H2,1-2H3,(H2,19,20,21,23)/t11-,12-,16?,17?/m0/s1. The van der Waals surface area contributed by atoms with Crippen molar-refractivity contribution >= 4 is 33.8 Å². The molecule has 4 bridgehead atoms. The molecule has 0 aromatic carbocycles. The van der Waals surface area contributed by atoms with E-state index in [-0.39, 0.29) is 16.3 Å². The van der Waals surface area contributed by atoms with Crippen molar-refractivity contribution in [3.8, 4) is 0 Å². The normalized spacial score (nSPS) is 36.5. The summed E-state index contributed by atoms with van der Waals surface area (Å²) in [6.07, 6.45) is 6.00. The molecule has 6 nitrogen and oxygen atoms in total. The van der Waals surface area contributed by atoms with Gasteiger partial charge in [0, 0.05) is 10.4 Å². The maximum Gasteiger partial charge on any atom is 0.321 e. The molecule has 4 rings (SSSR count). The van der Waals surface area contributed by atoms with E-state index in [1.807, 2.05) is 0 Å². The zero-order valence-corrected chi connectivity index (χ0v) is 15.8. The highest BCUT2D eigenvalue weighted by Gasteiger charge is 2.60. The van der Waals surface area contributed by atoms with E-state index in [1.165, 1.54) is 6.42 Å². The van der Waals surface area contributed by atoms with Crippen molar-refractivity contribution in [3.05, 3.63) is 0 Å². The van der Waals surface area contributed by atoms with E-state index in [0.29, 0.717) is 11.8 Å². The van der Waals surface area contributed by atoms with Gasteiger partial charge in [-0.3, -0.25) is 14.9 Å². The van der Waals surface area contributed by atoms with Crippen LogP contribution >= 0.6 is 15.9 Å². The van der Waals surface area contributed by atoms with Crippen molar-refractivity contribution in [2.75, 3.05) is 6.61 Å². The summed E-state index contributed by atoms with van der Waals surface area (Å²) in [7, 11) is 0. The van der Waals surface area contributed by atoms with Gasteiger partial charge in [0.1, 0.15) is 0 Å². The lowest BCUT2D eigenvalue weighted by molar-refractivity contribution is -0.171. The van der Waals surface area contributed by atoms with Crippen molar-refractivity contribution in [2.24, 2.45) is 17.3 Å². The van der Waals surface area contributed by atoms with Crippen LogP contribution in [0, 0.1) is 17.3 Å². The summed E-state index contributed by atoms with van der Waals surface area (Å²) in [4.78, 5) is 35.9. The Hall–Kier alpha value is -1.11. The Morgan fingerprint density at radius 1 is 1.17 bits per heavy atom. The van der Waals surface area contributed by atoms with E-state index in [4.69, 9.17) is 4.74 Å². The summed E-state index contributed by atoms with van der Waals surface area (Å²) in [5.41, 5.74) is -0.450. The third-order valence-electron chi connectivity index (χ3n) is 5.43. The molecule has 4 fully saturated rings. The molecule has 24 heavy (non-hydrogen) atoms. The van der Waals surface area contributed by atoms with Crippen molar-refractivity contribution < 1.29 is 19.1 Å². The average Bonchev–Trinajstić information content (AvgIpc) is 2.40. The number of rotatable bonds is 4. The van der Waals surface area contributed by atoms with Crippen molar-refractivity contribution in [2.45, 2.75) is 62.7 Å². The molecule has 2 atom stereocenters. The van der Waals surface area contributed by atoms with Gasteiger partial charge < -0.3 is 10.1 Å². The number of urea groups is 1. The van der Waals surface area contributed by atoms with Gasteiger partial charge in [0.2, 0.25) is 0 Å². The maximum atomic E-state index is 12.7. The fourth-order valence-electron chi connectivity index (χ4n) is 5.13. The summed E-state index contributed by atoms with van der Waals surface area (Å²) in [5, 5.41) is 4.73. The summed E-state index contributed by atoms with van der Waals surface area (Å²) >= 11 is 3.86. The van der Waals surface area contributed by atoms with Gasteiger partial charge in [0.05, 0.1) is 5.41 Å². The number of carbonyl (C=O) groups excluding carboxylic acids is 3. The van der Waals surface area contributed by atoms with Crippen LogP contribution in [-0.2, 0) is 14.3 Å². The molecule has 0 unspecified atom stereocenters. The Balaban J connectivity index is 1.54. The zero-order valence-electron chi connectivity index (χ0n) is 14.2. The van der Waals surface area contributed by atoms with E-state index in [0.717, 1.165) is 32.1 Å². The van der Waals surface area contributed by atoms with E-state index in [2.05, 4.69) is 26.6 Å². The molecule has 4 saturated carbocycles. The lowest BCUT2D eigenvalue weighted by Gasteiger charge is -2.58. The number of hydrogen-bond acceptors (Lipinski definition) is 4. The second kappa shape index (κ2) is 6.32. The van der Waals surface area contributed by atoms with E-state index < -0.39 is 24.0 Å². The first-order chi connectivity index (χ1) is 11.2. The Kier molecular flexibility index (Phi) is 4.66. The topological polar surface area (TPSA) is 84.5 Å². The van der Waals surface area contributed by atoms with Gasteiger partial charge in [0.15, 0.2) is 6.61 Å². The minimum absolute atomic E-state index is 0.0650. The number of ether oxygens (including phenoxy) is 1. The molecule has 0 radical (unpaired) electrons. The fourth-order valence-corrected chi connectivity index (χ4v) is 6.59. The Bertz CT molecular complexity index is 549. The summed E-state index contributed by atoms with van der Waals surface area (Å²) in [5.74, 6) is 0.271. The number of alkyl halides is 1. The van der Waals surface area contributed by atoms with Gasteiger partial charge in [0.25, 0.3) is 5.91 Å². The zero-order chi connectivity index (χ0) is 17.5. The predicted octanol–water partition coefficient (Wildman–Crippen LogP) is 2.50. The summed E-state index contributed by atoms with van der Waals surface area (Å²) in [6.45, 7) is 3.19. The third kappa shape index (κ3) is 3.60. The molecule has 3 amide bonds. The Morgan fingerprint density at radius 3 is 2.33 bits per heavy atom. The second-order valence-corrected chi connectivity index (χ2v) is 9.83. The van der Waals surface area contributed by atoms with Crippen LogP contribution in [0.2, 0.25) is 0 Å². The van der Waals surface area contributed by atoms with Crippen LogP contribution in [0.3, 0.4) is 0 Å². The molecule has 0 spiro atoms. The smallest absolute Gasteiger partial charge is 0.321 e. The first-order valence-corrected chi connectivity index (χ1v) is 9.45. The molecule has 0 saturated heterocycles. The number of halogens is 1. The first kappa shape index (κ1) is 17.7. The van der Waals surface area contributed by atoms with Gasteiger partial charge in [-0.1, -0.05) is 15.9 Å². The Labute approximate surface area is 150 Å². The Morgan fingerprint density at radius 2 is 1.79 bits per heavy atom. The number of esters is 1. The fraction of sp³-hybridized carbons (Fsp3) is 0.824. The molecule has 4 aliphatic carbocycles. The number of carbonyl (C=O) groups is 3. The van der Waals surface area contributed by atoms with Crippen molar-refractivity contribution in [1.82, 2.24) is 10.6 Å². The summed E-state index contributed by atoms with van der Waals surface area (Å²) < 4.78 is 5.35. The van der Waals surface area contributed by atoms with Crippen LogP contribution < -0.4 is 10.6 Å². The van der Waals surface area contributed by atoms with Crippen LogP contribution in [0.4, 0.5) is 4.79 Å². The SMILES string of the molecule is CC(C)NC(=O)NC(=O)COC(=O)C12C[C@@H]3C[C@H](CC(Br)(C3)C1)C2. The van der Waals surface area contributed by atoms with Gasteiger partial charge in [-0.25, -0.2) is 4.79 Å². The van der Waals surface area contributed by atoms with Gasteiger partial charge in [-0.05, 0) is 64.2 Å². The number of nitrogens with one attached hydrogen (secondary N) is 2. The van der Waals surface area contributed by atoms with Crippen molar-refractivity contribution in [1.29, 1.82) is 0 Å². The van der Waals surface area contributed by atoms with Crippen LogP contribution in [-0.4, -0.2) is 34.9 Å². The largest absolute Gasteiger partial charge is 0.455 e. The molecular weight excluding hydrogens is 376 g/mol. The van der Waals surface area contributed by atoms with E-state index in [1.54, 1.807) is 13.8 Å². The number of imide groups is 1. The predicted molar refractivity (Wildman–Crippen MR) is 91.5 cm³/mol. The molecular formula is C17H25BrN2O4. The highest BCUT2D eigenvalue weighted by Crippen LogP contribution is 2.64. The van der Waals surface area contributed by atoms with Crippen LogP contribution in [0.25, 0.3) is 0 Å². The average molecular weight is 401 g/mol. The third-order valence-corrected chi connectivity index (χ3v) is 6.36. The lowest BCUT2D eigenvalue weighted by Crippen LogP contribution is -2.56. The van der Waals surface area contributed by atoms with Crippen LogP contribution in [0.5, 0.6) is 0 Å². The molecule has 0 heterocycles. The molecule has 0 aliphatic heterocycles. The molecule has 134 valence electrons. The minimum Gasteiger partial charge on any atom is -0.455 e. The first-order valence-electron chi connectivity index (χ1n) is 8.66. The van der Waals surface area contributed by atoms with Gasteiger partial charge in [-0.2, -0.15) is 0 Å².